The van der Waals surface area contributed by atoms with Crippen LogP contribution < -0.4 is 20.2 Å². The number of nitrogens with zero attached hydrogens (tertiary/aromatic N) is 1. The largest absolute Gasteiger partial charge is 0.493 e. The lowest BCUT2D eigenvalue weighted by atomic mass is 10.2. The van der Waals surface area contributed by atoms with Gasteiger partial charge in [-0.3, -0.25) is 5.43 Å². The lowest BCUT2D eigenvalue weighted by Gasteiger charge is -2.11. The van der Waals surface area contributed by atoms with Crippen molar-refractivity contribution in [1.82, 2.24) is 5.43 Å². The molecule has 3 rings (SSSR count). The molecule has 0 amide bonds. The summed E-state index contributed by atoms with van der Waals surface area (Å²) in [4.78, 5) is 0. The number of methoxy groups -OCH3 is 1. The second-order valence-electron chi connectivity index (χ2n) is 6.02. The molecule has 0 radical (unpaired) electrons. The Bertz CT molecular complexity index is 979. The summed E-state index contributed by atoms with van der Waals surface area (Å²) in [7, 11) is 1.57. The molecule has 5 nitrogen and oxygen atoms in total. The molecule has 29 heavy (non-hydrogen) atoms. The maximum Gasteiger partial charge on any atom is 0.191 e. The maximum absolute atomic E-state index is 13.0. The van der Waals surface area contributed by atoms with E-state index in [1.54, 1.807) is 37.6 Å². The Balaban J connectivity index is 1.56. The molecular formula is C22H20FN3O2S. The molecule has 0 saturated carbocycles. The molecule has 3 aromatic rings. The van der Waals surface area contributed by atoms with Crippen LogP contribution in [0.2, 0.25) is 0 Å². The second-order valence-corrected chi connectivity index (χ2v) is 6.42. The van der Waals surface area contributed by atoms with Crippen molar-refractivity contribution in [1.29, 1.82) is 0 Å². The average molecular weight is 409 g/mol. The highest BCUT2D eigenvalue weighted by molar-refractivity contribution is 7.80. The molecule has 0 atom stereocenters. The maximum atomic E-state index is 13.0. The van der Waals surface area contributed by atoms with Crippen molar-refractivity contribution in [2.45, 2.75) is 6.61 Å². The highest BCUT2D eigenvalue weighted by atomic mass is 32.1. The van der Waals surface area contributed by atoms with Gasteiger partial charge in [0.2, 0.25) is 0 Å². The van der Waals surface area contributed by atoms with Crippen LogP contribution in [0, 0.1) is 5.82 Å². The monoisotopic (exact) mass is 409 g/mol. The van der Waals surface area contributed by atoms with Crippen LogP contribution >= 0.6 is 12.2 Å². The Labute approximate surface area is 174 Å². The van der Waals surface area contributed by atoms with Gasteiger partial charge in [0.05, 0.1) is 13.3 Å². The minimum Gasteiger partial charge on any atom is -0.493 e. The van der Waals surface area contributed by atoms with Crippen molar-refractivity contribution < 1.29 is 13.9 Å². The molecule has 0 fully saturated rings. The number of benzene rings is 3. The van der Waals surface area contributed by atoms with E-state index < -0.39 is 0 Å². The second kappa shape index (κ2) is 10.2. The lowest BCUT2D eigenvalue weighted by molar-refractivity contribution is 0.284. The summed E-state index contributed by atoms with van der Waals surface area (Å²) in [5.74, 6) is 0.881. The first-order valence-corrected chi connectivity index (χ1v) is 9.25. The van der Waals surface area contributed by atoms with Crippen molar-refractivity contribution in [2.24, 2.45) is 5.10 Å². The van der Waals surface area contributed by atoms with Gasteiger partial charge < -0.3 is 14.8 Å². The summed E-state index contributed by atoms with van der Waals surface area (Å²) in [5.41, 5.74) is 5.32. The Morgan fingerprint density at radius 1 is 1.03 bits per heavy atom. The normalized spacial score (nSPS) is 10.6. The number of ether oxygens (including phenoxy) is 2. The van der Waals surface area contributed by atoms with Gasteiger partial charge in [-0.15, -0.1) is 0 Å². The third-order valence-corrected chi connectivity index (χ3v) is 4.10. The molecule has 0 unspecified atom stereocenters. The number of hydrogen-bond donors (Lipinski definition) is 2. The summed E-state index contributed by atoms with van der Waals surface area (Å²) in [6, 6.07) is 21.2. The molecule has 2 N–H and O–H groups in total. The van der Waals surface area contributed by atoms with Crippen LogP contribution in [0.4, 0.5) is 10.1 Å². The lowest BCUT2D eigenvalue weighted by Crippen LogP contribution is -2.23. The first kappa shape index (κ1) is 20.3. The third kappa shape index (κ3) is 6.29. The van der Waals surface area contributed by atoms with Gasteiger partial charge in [-0.1, -0.05) is 30.3 Å². The van der Waals surface area contributed by atoms with Crippen LogP contribution in [-0.4, -0.2) is 18.4 Å². The molecular weight excluding hydrogens is 389 g/mol. The smallest absolute Gasteiger partial charge is 0.191 e. The van der Waals surface area contributed by atoms with E-state index in [4.69, 9.17) is 21.7 Å². The number of hydrogen-bond acceptors (Lipinski definition) is 4. The van der Waals surface area contributed by atoms with E-state index in [1.807, 2.05) is 36.4 Å². The van der Waals surface area contributed by atoms with Gasteiger partial charge in [0.25, 0.3) is 0 Å². The Morgan fingerprint density at radius 2 is 1.79 bits per heavy atom. The molecule has 0 aromatic heterocycles. The molecule has 0 aliphatic heterocycles. The van der Waals surface area contributed by atoms with Gasteiger partial charge in [-0.2, -0.15) is 5.10 Å². The number of rotatable bonds is 7. The van der Waals surface area contributed by atoms with Crippen molar-refractivity contribution in [3.63, 3.8) is 0 Å². The summed E-state index contributed by atoms with van der Waals surface area (Å²) >= 11 is 5.21. The predicted molar refractivity (Wildman–Crippen MR) is 117 cm³/mol. The molecule has 148 valence electrons. The topological polar surface area (TPSA) is 54.9 Å². The number of halogens is 1. The zero-order valence-electron chi connectivity index (χ0n) is 15.8. The molecule has 0 heterocycles. The van der Waals surface area contributed by atoms with Gasteiger partial charge in [-0.25, -0.2) is 4.39 Å². The molecule has 0 aliphatic rings. The van der Waals surface area contributed by atoms with Crippen LogP contribution in [0.15, 0.2) is 77.9 Å². The van der Waals surface area contributed by atoms with Crippen LogP contribution in [-0.2, 0) is 6.61 Å². The quantitative estimate of drug-likeness (QED) is 0.336. The van der Waals surface area contributed by atoms with Gasteiger partial charge in [-0.05, 0) is 65.8 Å². The molecule has 0 bridgehead atoms. The molecule has 7 heteroatoms. The zero-order valence-corrected chi connectivity index (χ0v) is 16.6. The fourth-order valence-electron chi connectivity index (χ4n) is 2.47. The highest BCUT2D eigenvalue weighted by Gasteiger charge is 2.06. The van der Waals surface area contributed by atoms with Gasteiger partial charge >= 0.3 is 0 Å². The van der Waals surface area contributed by atoms with Gasteiger partial charge in [0, 0.05) is 5.69 Å². The van der Waals surface area contributed by atoms with Crippen molar-refractivity contribution in [3.8, 4) is 11.5 Å². The summed E-state index contributed by atoms with van der Waals surface area (Å²) in [6.07, 6.45) is 1.63. The summed E-state index contributed by atoms with van der Waals surface area (Å²) < 4.78 is 24.2. The standard InChI is InChI=1S/C22H20FN3O2S/c1-27-21-13-17(14-24-26-22(29)25-19-5-3-2-4-6-19)9-12-20(21)28-15-16-7-10-18(23)11-8-16/h2-14H,15H2,1H3,(H2,25,26,29). The first-order chi connectivity index (χ1) is 14.1. The predicted octanol–water partition coefficient (Wildman–Crippen LogP) is 4.73. The van der Waals surface area contributed by atoms with Crippen LogP contribution in [0.1, 0.15) is 11.1 Å². The number of anilines is 1. The molecule has 0 aliphatic carbocycles. The van der Waals surface area contributed by atoms with E-state index in [2.05, 4.69) is 15.8 Å². The van der Waals surface area contributed by atoms with E-state index in [0.29, 0.717) is 23.2 Å². The number of para-hydroxylation sites is 1. The van der Waals surface area contributed by atoms with Gasteiger partial charge in [0.1, 0.15) is 12.4 Å². The van der Waals surface area contributed by atoms with E-state index >= 15 is 0 Å². The average Bonchev–Trinajstić information content (AvgIpc) is 2.74. The van der Waals surface area contributed by atoms with E-state index in [1.165, 1.54) is 12.1 Å². The van der Waals surface area contributed by atoms with Gasteiger partial charge in [0.15, 0.2) is 16.6 Å². The van der Waals surface area contributed by atoms with Crippen molar-refractivity contribution in [2.75, 3.05) is 12.4 Å². The van der Waals surface area contributed by atoms with Crippen LogP contribution in [0.3, 0.4) is 0 Å². The SMILES string of the molecule is COc1cc(C=NNC(=S)Nc2ccccc2)ccc1OCc1ccc(F)cc1. The van der Waals surface area contributed by atoms with Crippen molar-refractivity contribution in [3.05, 3.63) is 89.7 Å². The number of hydrazone groups is 1. The minimum atomic E-state index is -0.276. The summed E-state index contributed by atoms with van der Waals surface area (Å²) in [6.45, 7) is 0.311. The third-order valence-electron chi connectivity index (χ3n) is 3.91. The molecule has 0 saturated heterocycles. The van der Waals surface area contributed by atoms with Crippen molar-refractivity contribution >= 4 is 29.2 Å². The minimum absolute atomic E-state index is 0.276. The van der Waals surface area contributed by atoms with E-state index in [9.17, 15) is 4.39 Å². The zero-order chi connectivity index (χ0) is 20.5. The summed E-state index contributed by atoms with van der Waals surface area (Å²) in [5, 5.41) is 7.56. The molecule has 0 spiro atoms. The fourth-order valence-corrected chi connectivity index (χ4v) is 2.64. The Morgan fingerprint density at radius 3 is 2.52 bits per heavy atom. The number of nitrogens with one attached hydrogen (secondary N) is 2. The number of thiocarbonyl (C=S) groups is 1. The fraction of sp³-hybridized carbons (Fsp3) is 0.0909. The van der Waals surface area contributed by atoms with Crippen LogP contribution in [0.25, 0.3) is 0 Å². The molecule has 3 aromatic carbocycles. The van der Waals surface area contributed by atoms with E-state index in [0.717, 1.165) is 16.8 Å². The van der Waals surface area contributed by atoms with Crippen LogP contribution in [0.5, 0.6) is 11.5 Å². The first-order valence-electron chi connectivity index (χ1n) is 8.84. The Hall–Kier alpha value is -3.45. The highest BCUT2D eigenvalue weighted by Crippen LogP contribution is 2.28. The Kier molecular flexibility index (Phi) is 7.13. The van der Waals surface area contributed by atoms with E-state index in [-0.39, 0.29) is 5.82 Å².